The smallest absolute Gasteiger partial charge is 0.134 e. The zero-order valence-electron chi connectivity index (χ0n) is 28.9. The summed E-state index contributed by atoms with van der Waals surface area (Å²) >= 11 is 0. The van der Waals surface area contributed by atoms with Crippen LogP contribution in [-0.4, -0.2) is 0 Å². The molecule has 0 aliphatic carbocycles. The first kappa shape index (κ1) is 30.9. The molecule has 0 radical (unpaired) electrons. The van der Waals surface area contributed by atoms with Crippen LogP contribution in [0.15, 0.2) is 211 Å². The molecular weight excluding hydrogens is 645 g/mol. The zero-order chi connectivity index (χ0) is 35.2. The molecule has 0 atom stereocenters. The predicted molar refractivity (Wildman–Crippen MR) is 216 cm³/mol. The van der Waals surface area contributed by atoms with Crippen LogP contribution in [0.25, 0.3) is 55.7 Å². The zero-order valence-corrected chi connectivity index (χ0v) is 28.9. The molecule has 0 saturated heterocycles. The van der Waals surface area contributed by atoms with Gasteiger partial charge in [0.15, 0.2) is 0 Å². The summed E-state index contributed by atoms with van der Waals surface area (Å²) in [5, 5.41) is 2.52. The molecule has 0 fully saturated rings. The SMILES string of the molecule is c1ccc(C2(c3ccccc3)c3ccccc3Oc3cc(-c4ccc(-c5ccc(-c6ccc(-c7cccc8ccccc78)cc6)cc5)o4)ccc32)cc1. The molecule has 0 unspecified atom stereocenters. The van der Waals surface area contributed by atoms with Gasteiger partial charge in [-0.2, -0.15) is 0 Å². The Morgan fingerprint density at radius 1 is 0.340 bits per heavy atom. The number of ether oxygens (including phenoxy) is 1. The average Bonchev–Trinajstić information content (AvgIpc) is 3.74. The summed E-state index contributed by atoms with van der Waals surface area (Å²) in [4.78, 5) is 0. The van der Waals surface area contributed by atoms with Gasteiger partial charge in [0.2, 0.25) is 0 Å². The fourth-order valence-corrected chi connectivity index (χ4v) is 8.16. The molecule has 53 heavy (non-hydrogen) atoms. The van der Waals surface area contributed by atoms with Gasteiger partial charge in [-0.1, -0.05) is 182 Å². The first-order chi connectivity index (χ1) is 26.3. The molecule has 2 heterocycles. The van der Waals surface area contributed by atoms with Crippen molar-refractivity contribution in [3.8, 4) is 56.4 Å². The molecule has 2 nitrogen and oxygen atoms in total. The fraction of sp³-hybridized carbons (Fsp3) is 0.0196. The van der Waals surface area contributed by atoms with E-state index in [2.05, 4.69) is 200 Å². The Morgan fingerprint density at radius 2 is 0.868 bits per heavy atom. The van der Waals surface area contributed by atoms with Gasteiger partial charge in [-0.3, -0.25) is 0 Å². The highest BCUT2D eigenvalue weighted by Crippen LogP contribution is 2.55. The molecule has 1 aromatic heterocycles. The lowest BCUT2D eigenvalue weighted by molar-refractivity contribution is 0.434. The summed E-state index contributed by atoms with van der Waals surface area (Å²) in [6.07, 6.45) is 0. The molecule has 0 spiro atoms. The van der Waals surface area contributed by atoms with E-state index in [1.807, 2.05) is 6.07 Å². The van der Waals surface area contributed by atoms with Crippen molar-refractivity contribution in [2.24, 2.45) is 0 Å². The molecule has 0 amide bonds. The quantitative estimate of drug-likeness (QED) is 0.175. The van der Waals surface area contributed by atoms with E-state index in [9.17, 15) is 0 Å². The average molecular weight is 679 g/mol. The van der Waals surface area contributed by atoms with Crippen LogP contribution < -0.4 is 4.74 Å². The molecule has 10 rings (SSSR count). The van der Waals surface area contributed by atoms with Crippen LogP contribution in [0, 0.1) is 0 Å². The minimum absolute atomic E-state index is 0.544. The lowest BCUT2D eigenvalue weighted by Crippen LogP contribution is -2.34. The Labute approximate surface area is 309 Å². The van der Waals surface area contributed by atoms with E-state index >= 15 is 0 Å². The lowest BCUT2D eigenvalue weighted by Gasteiger charge is -2.41. The summed E-state index contributed by atoms with van der Waals surface area (Å²) in [6, 6.07) is 73.0. The number of para-hydroxylation sites is 1. The standard InChI is InChI=1S/C51H34O2/c1-3-14-41(15-4-1)51(42-16-5-2-6-17-42)45-20-9-10-21-49(45)53-50-34-40(30-31-46(50)51)48-33-32-47(52-48)39-28-24-36(25-29-39)35-22-26-38(27-23-35)44-19-11-13-37-12-7-8-18-43(37)44/h1-34H. The van der Waals surface area contributed by atoms with Crippen molar-refractivity contribution in [3.05, 3.63) is 229 Å². The van der Waals surface area contributed by atoms with Crippen LogP contribution >= 0.6 is 0 Å². The van der Waals surface area contributed by atoms with Gasteiger partial charge in [-0.15, -0.1) is 0 Å². The number of rotatable bonds is 6. The molecule has 0 bridgehead atoms. The summed E-state index contributed by atoms with van der Waals surface area (Å²) in [5.74, 6) is 3.30. The van der Waals surface area contributed by atoms with Crippen molar-refractivity contribution in [1.82, 2.24) is 0 Å². The van der Waals surface area contributed by atoms with Crippen molar-refractivity contribution >= 4 is 10.8 Å². The van der Waals surface area contributed by atoms with E-state index in [1.54, 1.807) is 0 Å². The molecule has 1 aliphatic heterocycles. The third-order valence-corrected chi connectivity index (χ3v) is 10.7. The lowest BCUT2D eigenvalue weighted by atomic mass is 9.63. The van der Waals surface area contributed by atoms with Gasteiger partial charge in [0.1, 0.15) is 23.0 Å². The third kappa shape index (κ3) is 5.19. The van der Waals surface area contributed by atoms with Crippen molar-refractivity contribution in [2.45, 2.75) is 5.41 Å². The number of benzene rings is 8. The van der Waals surface area contributed by atoms with E-state index in [0.717, 1.165) is 50.8 Å². The number of hydrogen-bond donors (Lipinski definition) is 0. The second kappa shape index (κ2) is 12.7. The van der Waals surface area contributed by atoms with Gasteiger partial charge in [-0.25, -0.2) is 0 Å². The predicted octanol–water partition coefficient (Wildman–Crippen LogP) is 13.6. The maximum absolute atomic E-state index is 6.69. The molecule has 8 aromatic carbocycles. The van der Waals surface area contributed by atoms with E-state index in [1.165, 1.54) is 38.6 Å². The normalized spacial score (nSPS) is 12.8. The van der Waals surface area contributed by atoms with Crippen molar-refractivity contribution < 1.29 is 9.15 Å². The van der Waals surface area contributed by atoms with Crippen molar-refractivity contribution in [1.29, 1.82) is 0 Å². The van der Waals surface area contributed by atoms with Crippen molar-refractivity contribution in [2.75, 3.05) is 0 Å². The Balaban J connectivity index is 0.965. The molecule has 250 valence electrons. The van der Waals surface area contributed by atoms with E-state index in [4.69, 9.17) is 9.15 Å². The second-order valence-electron chi connectivity index (χ2n) is 13.6. The summed E-state index contributed by atoms with van der Waals surface area (Å²) in [7, 11) is 0. The number of hydrogen-bond acceptors (Lipinski definition) is 2. The Hall–Kier alpha value is -6.90. The van der Waals surface area contributed by atoms with Gasteiger partial charge in [0.25, 0.3) is 0 Å². The van der Waals surface area contributed by atoms with Gasteiger partial charge < -0.3 is 9.15 Å². The second-order valence-corrected chi connectivity index (χ2v) is 13.6. The van der Waals surface area contributed by atoms with Crippen LogP contribution in [0.1, 0.15) is 22.3 Å². The highest BCUT2D eigenvalue weighted by Gasteiger charge is 2.45. The molecule has 0 saturated carbocycles. The largest absolute Gasteiger partial charge is 0.457 e. The van der Waals surface area contributed by atoms with Gasteiger partial charge in [-0.05, 0) is 68.4 Å². The van der Waals surface area contributed by atoms with Gasteiger partial charge in [0, 0.05) is 22.3 Å². The van der Waals surface area contributed by atoms with Gasteiger partial charge >= 0.3 is 0 Å². The number of fused-ring (bicyclic) bond motifs is 3. The van der Waals surface area contributed by atoms with E-state index in [0.29, 0.717) is 0 Å². The summed E-state index contributed by atoms with van der Waals surface area (Å²) < 4.78 is 13.2. The van der Waals surface area contributed by atoms with Crippen molar-refractivity contribution in [3.63, 3.8) is 0 Å². The van der Waals surface area contributed by atoms with Crippen LogP contribution in [0.4, 0.5) is 0 Å². The molecule has 2 heteroatoms. The maximum Gasteiger partial charge on any atom is 0.134 e. The van der Waals surface area contributed by atoms with Gasteiger partial charge in [0.05, 0.1) is 5.41 Å². The first-order valence-corrected chi connectivity index (χ1v) is 18.1. The third-order valence-electron chi connectivity index (χ3n) is 10.7. The maximum atomic E-state index is 6.69. The minimum Gasteiger partial charge on any atom is -0.457 e. The summed E-state index contributed by atoms with van der Waals surface area (Å²) in [5.41, 5.74) is 10.9. The highest BCUT2D eigenvalue weighted by atomic mass is 16.5. The van der Waals surface area contributed by atoms with Crippen LogP contribution in [-0.2, 0) is 5.41 Å². The Kier molecular flexibility index (Phi) is 7.40. The Bertz CT molecular complexity index is 2680. The van der Waals surface area contributed by atoms with Crippen LogP contribution in [0.2, 0.25) is 0 Å². The summed E-state index contributed by atoms with van der Waals surface area (Å²) in [6.45, 7) is 0. The Morgan fingerprint density at radius 3 is 1.58 bits per heavy atom. The van der Waals surface area contributed by atoms with Crippen LogP contribution in [0.5, 0.6) is 11.5 Å². The van der Waals surface area contributed by atoms with Crippen LogP contribution in [0.3, 0.4) is 0 Å². The molecule has 1 aliphatic rings. The molecule has 0 N–H and O–H groups in total. The van der Waals surface area contributed by atoms with E-state index < -0.39 is 5.41 Å². The highest BCUT2D eigenvalue weighted by molar-refractivity contribution is 5.96. The monoisotopic (exact) mass is 678 g/mol. The topological polar surface area (TPSA) is 22.4 Å². The molecular formula is C51H34O2. The fourth-order valence-electron chi connectivity index (χ4n) is 8.16. The minimum atomic E-state index is -0.544. The first-order valence-electron chi connectivity index (χ1n) is 18.1. The molecule has 9 aromatic rings. The number of furan rings is 1. The van der Waals surface area contributed by atoms with E-state index in [-0.39, 0.29) is 0 Å².